The molecule has 0 radical (unpaired) electrons. The molecule has 0 fully saturated rings. The van der Waals surface area contributed by atoms with Gasteiger partial charge in [-0.2, -0.15) is 15.4 Å². The lowest BCUT2D eigenvalue weighted by Crippen LogP contribution is -1.91. The van der Waals surface area contributed by atoms with Crippen LogP contribution in [-0.2, 0) is 0 Å². The highest BCUT2D eigenvalue weighted by Gasteiger charge is 2.09. The molecule has 2 aromatic heterocycles. The molecular formula is C8H7BrN4O. The van der Waals surface area contributed by atoms with Crippen LogP contribution in [0, 0.1) is 0 Å². The molecule has 0 atom stereocenters. The largest absolute Gasteiger partial charge is 0.481 e. The number of pyridine rings is 1. The maximum absolute atomic E-state index is 5.11. The summed E-state index contributed by atoms with van der Waals surface area (Å²) in [5.74, 6) is 0.530. The molecule has 2 aromatic rings. The lowest BCUT2D eigenvalue weighted by molar-refractivity contribution is 0.399. The summed E-state index contributed by atoms with van der Waals surface area (Å²) in [6.45, 7) is 0. The first-order valence-electron chi connectivity index (χ1n) is 3.87. The summed E-state index contributed by atoms with van der Waals surface area (Å²) in [5.41, 5.74) is 1.51. The molecule has 0 aliphatic carbocycles. The molecule has 2 heterocycles. The Hall–Kier alpha value is -1.43. The van der Waals surface area contributed by atoms with Gasteiger partial charge in [-0.15, -0.1) is 0 Å². The minimum absolute atomic E-state index is 0.530. The molecule has 14 heavy (non-hydrogen) atoms. The molecule has 1 N–H and O–H groups in total. The molecule has 0 aliphatic heterocycles. The lowest BCUT2D eigenvalue weighted by atomic mass is 10.2. The molecule has 0 aliphatic rings. The van der Waals surface area contributed by atoms with Crippen molar-refractivity contribution in [3.05, 3.63) is 22.9 Å². The Morgan fingerprint density at radius 2 is 2.29 bits per heavy atom. The molecule has 72 valence electrons. The summed E-state index contributed by atoms with van der Waals surface area (Å²) < 4.78 is 5.98. The van der Waals surface area contributed by atoms with Gasteiger partial charge in [-0.25, -0.2) is 4.98 Å². The van der Waals surface area contributed by atoms with Gasteiger partial charge in [-0.1, -0.05) is 0 Å². The summed E-state index contributed by atoms with van der Waals surface area (Å²) in [6.07, 6.45) is 3.29. The van der Waals surface area contributed by atoms with E-state index in [-0.39, 0.29) is 0 Å². The summed E-state index contributed by atoms with van der Waals surface area (Å²) in [4.78, 5) is 4.10. The van der Waals surface area contributed by atoms with Gasteiger partial charge in [0.05, 0.1) is 18.9 Å². The molecule has 0 saturated heterocycles. The summed E-state index contributed by atoms with van der Waals surface area (Å²) in [5, 5.41) is 10.2. The molecule has 0 amide bonds. The normalized spacial score (nSPS) is 10.1. The number of ether oxygens (including phenoxy) is 1. The van der Waals surface area contributed by atoms with Gasteiger partial charge in [0, 0.05) is 10.7 Å². The second-order valence-electron chi connectivity index (χ2n) is 2.57. The zero-order valence-electron chi connectivity index (χ0n) is 7.36. The fraction of sp³-hybridized carbons (Fsp3) is 0.125. The van der Waals surface area contributed by atoms with Crippen LogP contribution in [0.4, 0.5) is 0 Å². The first-order valence-corrected chi connectivity index (χ1v) is 4.66. The van der Waals surface area contributed by atoms with Gasteiger partial charge in [-0.3, -0.25) is 0 Å². The van der Waals surface area contributed by atoms with E-state index in [9.17, 15) is 0 Å². The van der Waals surface area contributed by atoms with E-state index in [1.54, 1.807) is 19.5 Å². The summed E-state index contributed by atoms with van der Waals surface area (Å²) in [6, 6.07) is 1.88. The monoisotopic (exact) mass is 254 g/mol. The predicted octanol–water partition coefficient (Wildman–Crippen LogP) is 1.64. The van der Waals surface area contributed by atoms with E-state index < -0.39 is 0 Å². The summed E-state index contributed by atoms with van der Waals surface area (Å²) in [7, 11) is 1.57. The molecule has 0 spiro atoms. The Kier molecular flexibility index (Phi) is 2.45. The first-order chi connectivity index (χ1) is 6.81. The van der Waals surface area contributed by atoms with Crippen molar-refractivity contribution in [1.29, 1.82) is 0 Å². The van der Waals surface area contributed by atoms with Crippen LogP contribution in [0.25, 0.3) is 11.3 Å². The van der Waals surface area contributed by atoms with E-state index >= 15 is 0 Å². The molecule has 0 aromatic carbocycles. The zero-order chi connectivity index (χ0) is 9.97. The maximum Gasteiger partial charge on any atom is 0.222 e. The number of nitrogens with zero attached hydrogens (tertiary/aromatic N) is 3. The Morgan fingerprint density at radius 1 is 1.43 bits per heavy atom. The topological polar surface area (TPSA) is 63.7 Å². The van der Waals surface area contributed by atoms with Crippen molar-refractivity contribution in [2.45, 2.75) is 0 Å². The average molecular weight is 255 g/mol. The van der Waals surface area contributed by atoms with Crippen molar-refractivity contribution >= 4 is 15.9 Å². The fourth-order valence-corrected chi connectivity index (χ4v) is 1.44. The third kappa shape index (κ3) is 1.60. The number of hydrogen-bond acceptors (Lipinski definition) is 4. The van der Waals surface area contributed by atoms with Crippen LogP contribution in [0.1, 0.15) is 0 Å². The van der Waals surface area contributed by atoms with E-state index in [2.05, 4.69) is 36.3 Å². The molecular weight excluding hydrogens is 248 g/mol. The highest BCUT2D eigenvalue weighted by Crippen LogP contribution is 2.28. The van der Waals surface area contributed by atoms with E-state index in [0.717, 1.165) is 10.0 Å². The van der Waals surface area contributed by atoms with Gasteiger partial charge in [0.2, 0.25) is 5.88 Å². The Labute approximate surface area is 88.6 Å². The minimum atomic E-state index is 0.530. The quantitative estimate of drug-likeness (QED) is 0.885. The third-order valence-electron chi connectivity index (χ3n) is 1.70. The van der Waals surface area contributed by atoms with Gasteiger partial charge in [0.15, 0.2) is 0 Å². The SMILES string of the molecule is COc1ncc(Br)cc1-c1cn[nH]n1. The number of H-pyrrole nitrogens is 1. The van der Waals surface area contributed by atoms with Crippen LogP contribution in [0.3, 0.4) is 0 Å². The van der Waals surface area contributed by atoms with Crippen LogP contribution < -0.4 is 4.74 Å². The van der Waals surface area contributed by atoms with E-state index in [1.165, 1.54) is 0 Å². The molecule has 0 saturated carbocycles. The van der Waals surface area contributed by atoms with E-state index in [0.29, 0.717) is 11.6 Å². The third-order valence-corrected chi connectivity index (χ3v) is 2.14. The highest BCUT2D eigenvalue weighted by molar-refractivity contribution is 9.10. The van der Waals surface area contributed by atoms with Crippen LogP contribution in [0.5, 0.6) is 5.88 Å². The number of aromatic amines is 1. The van der Waals surface area contributed by atoms with Gasteiger partial charge >= 0.3 is 0 Å². The van der Waals surface area contributed by atoms with Gasteiger partial charge in [0.25, 0.3) is 0 Å². The highest BCUT2D eigenvalue weighted by atomic mass is 79.9. The van der Waals surface area contributed by atoms with Crippen LogP contribution in [0.15, 0.2) is 22.9 Å². The molecule has 6 heteroatoms. The van der Waals surface area contributed by atoms with Crippen molar-refractivity contribution in [1.82, 2.24) is 20.4 Å². The second kappa shape index (κ2) is 3.75. The number of methoxy groups -OCH3 is 1. The van der Waals surface area contributed by atoms with E-state index in [1.807, 2.05) is 6.07 Å². The predicted molar refractivity (Wildman–Crippen MR) is 53.9 cm³/mol. The maximum atomic E-state index is 5.11. The molecule has 5 nitrogen and oxygen atoms in total. The van der Waals surface area contributed by atoms with E-state index in [4.69, 9.17) is 4.74 Å². The van der Waals surface area contributed by atoms with Crippen molar-refractivity contribution in [2.75, 3.05) is 7.11 Å². The molecule has 0 unspecified atom stereocenters. The fourth-order valence-electron chi connectivity index (χ4n) is 1.10. The van der Waals surface area contributed by atoms with Gasteiger partial charge in [0.1, 0.15) is 5.69 Å². The Morgan fingerprint density at radius 3 is 2.93 bits per heavy atom. The number of aromatic nitrogens is 4. The first kappa shape index (κ1) is 9.14. The molecule has 0 bridgehead atoms. The minimum Gasteiger partial charge on any atom is -0.481 e. The number of rotatable bonds is 2. The van der Waals surface area contributed by atoms with Crippen molar-refractivity contribution < 1.29 is 4.74 Å². The van der Waals surface area contributed by atoms with Gasteiger partial charge < -0.3 is 4.74 Å². The number of nitrogens with one attached hydrogen (secondary N) is 1. The summed E-state index contributed by atoms with van der Waals surface area (Å²) >= 11 is 3.33. The van der Waals surface area contributed by atoms with Crippen LogP contribution in [0.2, 0.25) is 0 Å². The lowest BCUT2D eigenvalue weighted by Gasteiger charge is -2.03. The van der Waals surface area contributed by atoms with Crippen molar-refractivity contribution in [3.63, 3.8) is 0 Å². The van der Waals surface area contributed by atoms with Gasteiger partial charge in [-0.05, 0) is 22.0 Å². The molecule has 2 rings (SSSR count). The van der Waals surface area contributed by atoms with Crippen molar-refractivity contribution in [2.24, 2.45) is 0 Å². The second-order valence-corrected chi connectivity index (χ2v) is 3.48. The van der Waals surface area contributed by atoms with Crippen LogP contribution in [-0.4, -0.2) is 27.5 Å². The standard InChI is InChI=1S/C8H7BrN4O/c1-14-8-6(2-5(9)3-10-8)7-4-11-13-12-7/h2-4H,1H3,(H,11,12,13). The average Bonchev–Trinajstić information content (AvgIpc) is 2.70. The van der Waals surface area contributed by atoms with Crippen molar-refractivity contribution in [3.8, 4) is 17.1 Å². The Bertz CT molecular complexity index is 429. The smallest absolute Gasteiger partial charge is 0.222 e. The van der Waals surface area contributed by atoms with Crippen LogP contribution >= 0.6 is 15.9 Å². The zero-order valence-corrected chi connectivity index (χ0v) is 8.95. The number of halogens is 1. The Balaban J connectivity index is 2.55. The number of hydrogen-bond donors (Lipinski definition) is 1.